The Morgan fingerprint density at radius 1 is 1.33 bits per heavy atom. The predicted molar refractivity (Wildman–Crippen MR) is 37.6 cm³/mol. The molecule has 0 spiro atoms. The van der Waals surface area contributed by atoms with E-state index in [0.29, 0.717) is 0 Å². The molecule has 1 N–H and O–H groups in total. The van der Waals surface area contributed by atoms with Crippen molar-refractivity contribution in [3.63, 3.8) is 0 Å². The Kier molecular flexibility index (Phi) is 2.00. The summed E-state index contributed by atoms with van der Waals surface area (Å²) in [6.07, 6.45) is 0. The second-order valence-electron chi connectivity index (χ2n) is 1.95. The zero-order valence-electron chi connectivity index (χ0n) is 5.72. The first-order valence-corrected chi connectivity index (χ1v) is 2.90. The van der Waals surface area contributed by atoms with Gasteiger partial charge in [0.25, 0.3) is 0 Å². The topological polar surface area (TPSA) is 102 Å². The monoisotopic (exact) mass is 167 g/mol. The van der Waals surface area contributed by atoms with E-state index < -0.39 is 21.6 Å². The van der Waals surface area contributed by atoms with Crippen molar-refractivity contribution < 1.29 is 5.21 Å². The minimum Gasteiger partial charge on any atom is -0.791 e. The van der Waals surface area contributed by atoms with Crippen molar-refractivity contribution >= 4 is 0 Å². The highest BCUT2D eigenvalue weighted by molar-refractivity contribution is 5.01. The predicted octanol–water partition coefficient (Wildman–Crippen LogP) is -2.03. The van der Waals surface area contributed by atoms with E-state index in [-0.39, 0.29) is 0 Å². The fraction of sp³-hybridized carbons (Fsp3) is 0. The molecule has 6 heteroatoms. The van der Waals surface area contributed by atoms with Crippen molar-refractivity contribution in [1.82, 2.24) is 0 Å². The summed E-state index contributed by atoms with van der Waals surface area (Å²) in [5.41, 5.74) is -1.70. The van der Waals surface area contributed by atoms with E-state index in [2.05, 4.69) is 10.3 Å². The molecule has 1 aromatic carbocycles. The number of benzene rings is 1. The summed E-state index contributed by atoms with van der Waals surface area (Å²) in [5.74, 6) is 0. The van der Waals surface area contributed by atoms with Crippen LogP contribution in [0.5, 0.6) is 0 Å². The molecule has 62 valence electrons. The van der Waals surface area contributed by atoms with Crippen LogP contribution in [-0.4, -0.2) is 5.21 Å². The normalized spacial score (nSPS) is 13.7. The first-order chi connectivity index (χ1) is 5.70. The fourth-order valence-corrected chi connectivity index (χ4v) is 0.709. The second-order valence-corrected chi connectivity index (χ2v) is 1.95. The van der Waals surface area contributed by atoms with Crippen molar-refractivity contribution in [3.8, 4) is 0 Å². The summed E-state index contributed by atoms with van der Waals surface area (Å²) in [4.78, 5) is 21.6. The van der Waals surface area contributed by atoms with Crippen LogP contribution in [0.15, 0.2) is 32.0 Å². The van der Waals surface area contributed by atoms with Gasteiger partial charge in [0, 0.05) is 0 Å². The van der Waals surface area contributed by atoms with Crippen LogP contribution in [0, 0.1) is 5.21 Å². The van der Waals surface area contributed by atoms with Gasteiger partial charge < -0.3 is 15.6 Å². The van der Waals surface area contributed by atoms with E-state index in [1.807, 2.05) is 0 Å². The third-order valence-electron chi connectivity index (χ3n) is 1.27. The quantitative estimate of drug-likeness (QED) is 0.355. The minimum absolute atomic E-state index is 0.442. The lowest BCUT2D eigenvalue weighted by Crippen LogP contribution is -2.46. The maximum absolute atomic E-state index is 10.9. The molecule has 0 heterocycles. The first-order valence-electron chi connectivity index (χ1n) is 2.90. The molecule has 0 amide bonds. The van der Waals surface area contributed by atoms with Gasteiger partial charge in [-0.1, -0.05) is 5.16 Å². The molecule has 6 nitrogen and oxygen atoms in total. The third kappa shape index (κ3) is 1.09. The Bertz CT molecular complexity index is 496. The van der Waals surface area contributed by atoms with E-state index in [1.165, 1.54) is 0 Å². The Hall–Kier alpha value is -1.98. The van der Waals surface area contributed by atoms with Gasteiger partial charge in [-0.3, -0.25) is 9.59 Å². The fourth-order valence-electron chi connectivity index (χ4n) is 0.709. The van der Waals surface area contributed by atoms with E-state index in [4.69, 9.17) is 5.21 Å². The van der Waals surface area contributed by atoms with Crippen molar-refractivity contribution in [2.24, 2.45) is 10.3 Å². The molecule has 0 saturated heterocycles. The van der Waals surface area contributed by atoms with Crippen LogP contribution in [0.25, 0.3) is 0 Å². The van der Waals surface area contributed by atoms with Crippen LogP contribution in [0.1, 0.15) is 0 Å². The van der Waals surface area contributed by atoms with Gasteiger partial charge >= 0.3 is 0 Å². The van der Waals surface area contributed by atoms with Crippen molar-refractivity contribution in [2.45, 2.75) is 0 Å². The van der Waals surface area contributed by atoms with Crippen molar-refractivity contribution in [2.75, 3.05) is 0 Å². The highest BCUT2D eigenvalue weighted by Crippen LogP contribution is 1.55. The lowest BCUT2D eigenvalue weighted by Gasteiger charge is -1.87. The van der Waals surface area contributed by atoms with E-state index >= 15 is 0 Å². The SMILES string of the molecule is O=c1cc/c(=N/[O-])c(=O)/c1=N/O. The Morgan fingerprint density at radius 3 is 2.50 bits per heavy atom. The number of hydrogen-bond donors (Lipinski definition) is 1. The molecular weight excluding hydrogens is 164 g/mol. The number of nitrogens with zero attached hydrogens (tertiary/aromatic N) is 2. The standard InChI is InChI=1S/C6H4N2O4/c9-4-2-1-3(7-11)6(10)5(4)8-12/h1-2,11-12H/p-1/b7-3-,8-5+. The largest absolute Gasteiger partial charge is 0.791 e. The zero-order chi connectivity index (χ0) is 9.14. The van der Waals surface area contributed by atoms with Crippen LogP contribution in [0.4, 0.5) is 0 Å². The highest BCUT2D eigenvalue weighted by atomic mass is 16.4. The van der Waals surface area contributed by atoms with Crippen LogP contribution in [0.2, 0.25) is 0 Å². The molecule has 0 aromatic heterocycles. The van der Waals surface area contributed by atoms with E-state index in [9.17, 15) is 14.8 Å². The lowest BCUT2D eigenvalue weighted by molar-refractivity contribution is 0.300. The van der Waals surface area contributed by atoms with Gasteiger partial charge in [-0.2, -0.15) is 0 Å². The summed E-state index contributed by atoms with van der Waals surface area (Å²) in [7, 11) is 0. The first kappa shape index (κ1) is 8.12. The molecule has 0 saturated carbocycles. The van der Waals surface area contributed by atoms with Gasteiger partial charge in [-0.05, 0) is 12.1 Å². The van der Waals surface area contributed by atoms with Crippen LogP contribution < -0.4 is 21.6 Å². The van der Waals surface area contributed by atoms with Crippen LogP contribution in [-0.2, 0) is 0 Å². The van der Waals surface area contributed by atoms with Gasteiger partial charge in [0.15, 0.2) is 5.36 Å². The maximum atomic E-state index is 10.9. The minimum atomic E-state index is -0.958. The maximum Gasteiger partial charge on any atom is 0.236 e. The average molecular weight is 167 g/mol. The summed E-state index contributed by atoms with van der Waals surface area (Å²) in [5, 5.41) is 21.8. The van der Waals surface area contributed by atoms with E-state index in [1.54, 1.807) is 0 Å². The smallest absolute Gasteiger partial charge is 0.236 e. The average Bonchev–Trinajstić information content (AvgIpc) is 2.06. The summed E-state index contributed by atoms with van der Waals surface area (Å²) < 4.78 is 0. The molecule has 0 radical (unpaired) electrons. The molecule has 1 rings (SSSR count). The zero-order valence-corrected chi connectivity index (χ0v) is 5.72. The molecule has 0 bridgehead atoms. The Labute approximate surface area is 65.0 Å². The summed E-state index contributed by atoms with van der Waals surface area (Å²) in [6.45, 7) is 0. The van der Waals surface area contributed by atoms with Crippen LogP contribution >= 0.6 is 0 Å². The van der Waals surface area contributed by atoms with Crippen LogP contribution in [0.3, 0.4) is 0 Å². The summed E-state index contributed by atoms with van der Waals surface area (Å²) in [6, 6.07) is 1.92. The molecule has 12 heavy (non-hydrogen) atoms. The second kappa shape index (κ2) is 2.95. The molecular formula is C6H3N2O4-. The third-order valence-corrected chi connectivity index (χ3v) is 1.27. The van der Waals surface area contributed by atoms with Gasteiger partial charge in [0.05, 0.1) is 0 Å². The molecule has 0 atom stereocenters. The molecule has 0 aliphatic rings. The molecule has 0 fully saturated rings. The van der Waals surface area contributed by atoms with Gasteiger partial charge in [0.1, 0.15) is 5.36 Å². The van der Waals surface area contributed by atoms with Gasteiger partial charge in [-0.25, -0.2) is 0 Å². The summed E-state index contributed by atoms with van der Waals surface area (Å²) >= 11 is 0. The Balaban J connectivity index is 3.96. The Morgan fingerprint density at radius 2 is 2.00 bits per heavy atom. The van der Waals surface area contributed by atoms with Gasteiger partial charge in [0.2, 0.25) is 10.9 Å². The molecule has 0 unspecified atom stereocenters. The molecule has 1 aromatic rings. The number of rotatable bonds is 0. The van der Waals surface area contributed by atoms with Crippen molar-refractivity contribution in [3.05, 3.63) is 48.5 Å². The van der Waals surface area contributed by atoms with Crippen molar-refractivity contribution in [1.29, 1.82) is 0 Å². The molecule has 0 aliphatic heterocycles. The molecule has 0 aliphatic carbocycles. The van der Waals surface area contributed by atoms with E-state index in [0.717, 1.165) is 12.1 Å². The van der Waals surface area contributed by atoms with Gasteiger partial charge in [-0.15, -0.1) is 0 Å². The lowest BCUT2D eigenvalue weighted by atomic mass is 10.3. The number of hydrogen-bond acceptors (Lipinski definition) is 6. The highest BCUT2D eigenvalue weighted by Gasteiger charge is 1.97.